The number of halogens is 3. The number of rotatable bonds is 6. The van der Waals surface area contributed by atoms with Crippen LogP contribution in [0.4, 0.5) is 10.5 Å². The van der Waals surface area contributed by atoms with Gasteiger partial charge < -0.3 is 14.2 Å². The lowest BCUT2D eigenvalue weighted by atomic mass is 10.0. The number of nitrogens with one attached hydrogen (secondary N) is 1. The molecule has 0 aliphatic carbocycles. The fourth-order valence-corrected chi connectivity index (χ4v) is 3.50. The van der Waals surface area contributed by atoms with Crippen molar-refractivity contribution in [1.29, 1.82) is 0 Å². The van der Waals surface area contributed by atoms with Crippen LogP contribution in [-0.4, -0.2) is 26.4 Å². The minimum absolute atomic E-state index is 0.194. The van der Waals surface area contributed by atoms with Gasteiger partial charge in [0.1, 0.15) is 0 Å². The van der Waals surface area contributed by atoms with E-state index < -0.39 is 18.0 Å². The normalized spacial score (nSPS) is 12.5. The van der Waals surface area contributed by atoms with Gasteiger partial charge in [0.2, 0.25) is 5.79 Å². The zero-order valence-electron chi connectivity index (χ0n) is 14.4. The summed E-state index contributed by atoms with van der Waals surface area (Å²) < 4.78 is 16.6. The third-order valence-corrected chi connectivity index (χ3v) is 4.65. The number of methoxy groups -OCH3 is 2. The molecule has 0 bridgehead atoms. The molecule has 8 heteroatoms. The lowest BCUT2D eigenvalue weighted by Crippen LogP contribution is -2.44. The van der Waals surface area contributed by atoms with Gasteiger partial charge in [0.15, 0.2) is 6.10 Å². The molecule has 0 aromatic heterocycles. The zero-order valence-corrected chi connectivity index (χ0v) is 16.7. The molecular weight excluding hydrogens is 401 g/mol. The Hall–Kier alpha value is -1.50. The highest BCUT2D eigenvalue weighted by molar-refractivity contribution is 6.42. The maximum absolute atomic E-state index is 12.3. The van der Waals surface area contributed by atoms with E-state index in [0.717, 1.165) is 0 Å². The first-order valence-corrected chi connectivity index (χ1v) is 8.75. The summed E-state index contributed by atoms with van der Waals surface area (Å²) in [5, 5.41) is 3.26. The molecular formula is C18H18Cl3NO4. The third-order valence-electron chi connectivity index (χ3n) is 3.84. The van der Waals surface area contributed by atoms with Crippen molar-refractivity contribution in [3.05, 3.63) is 63.1 Å². The molecule has 0 radical (unpaired) electrons. The van der Waals surface area contributed by atoms with E-state index in [4.69, 9.17) is 49.0 Å². The maximum Gasteiger partial charge on any atom is 0.412 e. The van der Waals surface area contributed by atoms with E-state index in [1.54, 1.807) is 6.92 Å². The standard InChI is InChI=1S/C18H18Cl3NO4/c1-11(18(24-2,25-3)12-7-5-4-6-8-12)26-17(23)22-16-14(20)9-13(19)10-15(16)21/h4-11H,1-3H3,(H,22,23). The molecule has 0 fully saturated rings. The van der Waals surface area contributed by atoms with Crippen molar-refractivity contribution in [2.75, 3.05) is 19.5 Å². The average Bonchev–Trinajstić information content (AvgIpc) is 2.60. The van der Waals surface area contributed by atoms with Gasteiger partial charge in [-0.2, -0.15) is 0 Å². The van der Waals surface area contributed by atoms with Gasteiger partial charge in [-0.05, 0) is 19.1 Å². The fourth-order valence-electron chi connectivity index (χ4n) is 2.59. The molecule has 2 rings (SSSR count). The van der Waals surface area contributed by atoms with E-state index in [0.29, 0.717) is 10.6 Å². The van der Waals surface area contributed by atoms with Gasteiger partial charge in [0, 0.05) is 24.8 Å². The second kappa shape index (κ2) is 8.93. The number of benzene rings is 2. The van der Waals surface area contributed by atoms with E-state index in [-0.39, 0.29) is 15.7 Å². The molecule has 0 saturated carbocycles. The lowest BCUT2D eigenvalue weighted by Gasteiger charge is -2.36. The Labute approximate surface area is 167 Å². The molecule has 0 aliphatic rings. The van der Waals surface area contributed by atoms with Crippen LogP contribution in [0.2, 0.25) is 15.1 Å². The monoisotopic (exact) mass is 417 g/mol. The summed E-state index contributed by atoms with van der Waals surface area (Å²) in [4.78, 5) is 12.3. The second-order valence-corrected chi connectivity index (χ2v) is 6.61. The van der Waals surface area contributed by atoms with Crippen molar-refractivity contribution < 1.29 is 19.0 Å². The highest BCUT2D eigenvalue weighted by atomic mass is 35.5. The molecule has 2 aromatic rings. The highest BCUT2D eigenvalue weighted by Gasteiger charge is 2.41. The Balaban J connectivity index is 2.20. The van der Waals surface area contributed by atoms with Crippen molar-refractivity contribution >= 4 is 46.6 Å². The fraction of sp³-hybridized carbons (Fsp3) is 0.278. The lowest BCUT2D eigenvalue weighted by molar-refractivity contribution is -0.263. The Morgan fingerprint density at radius 1 is 1.04 bits per heavy atom. The predicted molar refractivity (Wildman–Crippen MR) is 103 cm³/mol. The summed E-state index contributed by atoms with van der Waals surface area (Å²) in [5.41, 5.74) is 0.905. The number of amides is 1. The van der Waals surface area contributed by atoms with Crippen LogP contribution in [0.1, 0.15) is 12.5 Å². The number of ether oxygens (including phenoxy) is 3. The predicted octanol–water partition coefficient (Wildman–Crippen LogP) is 5.73. The third kappa shape index (κ3) is 4.42. The van der Waals surface area contributed by atoms with E-state index >= 15 is 0 Å². The van der Waals surface area contributed by atoms with Crippen molar-refractivity contribution in [2.24, 2.45) is 0 Å². The molecule has 26 heavy (non-hydrogen) atoms. The summed E-state index contributed by atoms with van der Waals surface area (Å²) >= 11 is 18.0. The van der Waals surface area contributed by atoms with Gasteiger partial charge in [-0.25, -0.2) is 4.79 Å². The van der Waals surface area contributed by atoms with Crippen molar-refractivity contribution in [3.8, 4) is 0 Å². The van der Waals surface area contributed by atoms with Gasteiger partial charge in [-0.3, -0.25) is 5.32 Å². The number of carbonyl (C=O) groups is 1. The van der Waals surface area contributed by atoms with Crippen LogP contribution in [0.25, 0.3) is 0 Å². The van der Waals surface area contributed by atoms with Crippen LogP contribution < -0.4 is 5.32 Å². The van der Waals surface area contributed by atoms with Crippen LogP contribution in [0.15, 0.2) is 42.5 Å². The van der Waals surface area contributed by atoms with Gasteiger partial charge >= 0.3 is 6.09 Å². The molecule has 140 valence electrons. The Bertz CT molecular complexity index is 743. The Morgan fingerprint density at radius 2 is 1.58 bits per heavy atom. The Kier molecular flexibility index (Phi) is 7.15. The topological polar surface area (TPSA) is 56.8 Å². The van der Waals surface area contributed by atoms with E-state index in [1.165, 1.54) is 26.4 Å². The summed E-state index contributed by atoms with van der Waals surface area (Å²) in [6, 6.07) is 12.1. The molecule has 1 amide bonds. The van der Waals surface area contributed by atoms with Crippen molar-refractivity contribution in [1.82, 2.24) is 0 Å². The van der Waals surface area contributed by atoms with Gasteiger partial charge in [0.05, 0.1) is 15.7 Å². The molecule has 0 spiro atoms. The van der Waals surface area contributed by atoms with Gasteiger partial charge in [-0.1, -0.05) is 65.1 Å². The number of anilines is 1. The number of hydrogen-bond acceptors (Lipinski definition) is 4. The maximum atomic E-state index is 12.3. The average molecular weight is 419 g/mol. The molecule has 0 heterocycles. The molecule has 0 aliphatic heterocycles. The van der Waals surface area contributed by atoms with E-state index in [1.807, 2.05) is 30.3 Å². The zero-order chi connectivity index (χ0) is 19.3. The first-order chi connectivity index (χ1) is 12.3. The molecule has 1 N–H and O–H groups in total. The summed E-state index contributed by atoms with van der Waals surface area (Å²) in [6.07, 6.45) is -1.55. The van der Waals surface area contributed by atoms with Gasteiger partial charge in [0.25, 0.3) is 0 Å². The molecule has 5 nitrogen and oxygen atoms in total. The van der Waals surface area contributed by atoms with Crippen molar-refractivity contribution in [3.63, 3.8) is 0 Å². The largest absolute Gasteiger partial charge is 0.440 e. The van der Waals surface area contributed by atoms with Crippen molar-refractivity contribution in [2.45, 2.75) is 18.8 Å². The summed E-state index contributed by atoms with van der Waals surface area (Å²) in [5.74, 6) is -1.27. The highest BCUT2D eigenvalue weighted by Crippen LogP contribution is 2.35. The van der Waals surface area contributed by atoms with Crippen LogP contribution in [-0.2, 0) is 20.0 Å². The molecule has 0 saturated heterocycles. The smallest absolute Gasteiger partial charge is 0.412 e. The molecule has 2 aromatic carbocycles. The van der Waals surface area contributed by atoms with Crippen LogP contribution in [0.3, 0.4) is 0 Å². The number of carbonyl (C=O) groups excluding carboxylic acids is 1. The summed E-state index contributed by atoms with van der Waals surface area (Å²) in [7, 11) is 2.95. The minimum Gasteiger partial charge on any atom is -0.440 e. The minimum atomic E-state index is -1.27. The first kappa shape index (κ1) is 20.8. The van der Waals surface area contributed by atoms with E-state index in [2.05, 4.69) is 5.32 Å². The quantitative estimate of drug-likeness (QED) is 0.609. The van der Waals surface area contributed by atoms with Crippen LogP contribution >= 0.6 is 34.8 Å². The summed E-state index contributed by atoms with van der Waals surface area (Å²) in [6.45, 7) is 1.66. The first-order valence-electron chi connectivity index (χ1n) is 7.62. The van der Waals surface area contributed by atoms with E-state index in [9.17, 15) is 4.79 Å². The SMILES string of the molecule is COC(OC)(c1ccccc1)C(C)OC(=O)Nc1c(Cl)cc(Cl)cc1Cl. The Morgan fingerprint density at radius 3 is 2.08 bits per heavy atom. The van der Waals surface area contributed by atoms with Crippen LogP contribution in [0.5, 0.6) is 0 Å². The number of hydrogen-bond donors (Lipinski definition) is 1. The van der Waals surface area contributed by atoms with Gasteiger partial charge in [-0.15, -0.1) is 0 Å². The molecule has 1 unspecified atom stereocenters. The van der Waals surface area contributed by atoms with Crippen LogP contribution in [0, 0.1) is 0 Å². The second-order valence-electron chi connectivity index (χ2n) is 5.36. The molecule has 1 atom stereocenters.